The van der Waals surface area contributed by atoms with Gasteiger partial charge in [0.05, 0.1) is 6.54 Å². The monoisotopic (exact) mass is 178 g/mol. The van der Waals surface area contributed by atoms with Gasteiger partial charge in [-0.25, -0.2) is 0 Å². The number of amidine groups is 1. The maximum Gasteiger partial charge on any atom is 0.105 e. The molecule has 70 valence electrons. The summed E-state index contributed by atoms with van der Waals surface area (Å²) in [6.45, 7) is 1.27. The van der Waals surface area contributed by atoms with Gasteiger partial charge in [-0.15, -0.1) is 0 Å². The lowest BCUT2D eigenvalue weighted by molar-refractivity contribution is 0.372. The van der Waals surface area contributed by atoms with Gasteiger partial charge in [0.2, 0.25) is 0 Å². The molecule has 0 saturated carbocycles. The highest BCUT2D eigenvalue weighted by Crippen LogP contribution is 1.99. The summed E-state index contributed by atoms with van der Waals surface area (Å²) in [4.78, 5) is 5.98. The van der Waals surface area contributed by atoms with Gasteiger partial charge in [0.1, 0.15) is 5.84 Å². The van der Waals surface area contributed by atoms with Crippen molar-refractivity contribution in [2.24, 2.45) is 5.73 Å². The minimum absolute atomic E-state index is 0.186. The fraction of sp³-hybridized carbons (Fsp3) is 0.333. The van der Waals surface area contributed by atoms with E-state index in [4.69, 9.17) is 11.1 Å². The first kappa shape index (κ1) is 9.67. The third-order valence-corrected chi connectivity index (χ3v) is 1.62. The van der Waals surface area contributed by atoms with Crippen LogP contribution in [-0.4, -0.2) is 29.3 Å². The van der Waals surface area contributed by atoms with Crippen LogP contribution >= 0.6 is 0 Å². The first-order valence-corrected chi connectivity index (χ1v) is 4.09. The van der Waals surface area contributed by atoms with Gasteiger partial charge in [-0.3, -0.25) is 15.3 Å². The van der Waals surface area contributed by atoms with Crippen molar-refractivity contribution in [2.45, 2.75) is 6.54 Å². The molecule has 1 aromatic heterocycles. The number of nitrogens with zero attached hydrogens (tertiary/aromatic N) is 2. The van der Waals surface area contributed by atoms with E-state index in [2.05, 4.69) is 4.98 Å². The van der Waals surface area contributed by atoms with Crippen LogP contribution < -0.4 is 5.73 Å². The number of nitrogens with one attached hydrogen (secondary N) is 1. The molecule has 1 heterocycles. The Bertz CT molecular complexity index is 270. The van der Waals surface area contributed by atoms with Gasteiger partial charge in [-0.1, -0.05) is 6.07 Å². The Morgan fingerprint density at radius 3 is 3.00 bits per heavy atom. The minimum Gasteiger partial charge on any atom is -0.387 e. The summed E-state index contributed by atoms with van der Waals surface area (Å²) in [5, 5.41) is 7.11. The van der Waals surface area contributed by atoms with E-state index in [1.165, 1.54) is 0 Å². The molecule has 0 spiro atoms. The molecule has 0 fully saturated rings. The minimum atomic E-state index is 0.186. The van der Waals surface area contributed by atoms with Gasteiger partial charge < -0.3 is 5.73 Å². The normalized spacial score (nSPS) is 10.3. The van der Waals surface area contributed by atoms with E-state index in [0.717, 1.165) is 12.1 Å². The molecule has 1 rings (SSSR count). The van der Waals surface area contributed by atoms with Gasteiger partial charge in [0.15, 0.2) is 0 Å². The Kier molecular flexibility index (Phi) is 3.40. The molecule has 13 heavy (non-hydrogen) atoms. The number of nitrogens with two attached hydrogens (primary N) is 1. The van der Waals surface area contributed by atoms with E-state index in [1.54, 1.807) is 6.20 Å². The van der Waals surface area contributed by atoms with Crippen molar-refractivity contribution >= 4 is 5.84 Å². The number of rotatable bonds is 4. The van der Waals surface area contributed by atoms with Crippen LogP contribution in [0, 0.1) is 5.41 Å². The fourth-order valence-corrected chi connectivity index (χ4v) is 1.15. The summed E-state index contributed by atoms with van der Waals surface area (Å²) >= 11 is 0. The molecule has 0 atom stereocenters. The highest BCUT2D eigenvalue weighted by atomic mass is 15.1. The van der Waals surface area contributed by atoms with Crippen LogP contribution in [0.3, 0.4) is 0 Å². The first-order valence-electron chi connectivity index (χ1n) is 4.09. The van der Waals surface area contributed by atoms with E-state index in [1.807, 2.05) is 30.3 Å². The van der Waals surface area contributed by atoms with E-state index >= 15 is 0 Å². The zero-order valence-electron chi connectivity index (χ0n) is 7.70. The number of likely N-dealkylation sites (N-methyl/N-ethyl adjacent to an activating group) is 1. The third kappa shape index (κ3) is 3.66. The predicted molar refractivity (Wildman–Crippen MR) is 52.5 cm³/mol. The van der Waals surface area contributed by atoms with Gasteiger partial charge in [-0.2, -0.15) is 0 Å². The van der Waals surface area contributed by atoms with Gasteiger partial charge >= 0.3 is 0 Å². The molecule has 0 unspecified atom stereocenters. The van der Waals surface area contributed by atoms with E-state index in [9.17, 15) is 0 Å². The van der Waals surface area contributed by atoms with Crippen LogP contribution in [0.1, 0.15) is 5.56 Å². The number of pyridine rings is 1. The molecular formula is C9H14N4. The Balaban J connectivity index is 2.45. The van der Waals surface area contributed by atoms with Crippen molar-refractivity contribution < 1.29 is 0 Å². The van der Waals surface area contributed by atoms with Crippen molar-refractivity contribution in [2.75, 3.05) is 13.6 Å². The SMILES string of the molecule is CN(CC(=N)N)Cc1cccnc1. The van der Waals surface area contributed by atoms with Gasteiger partial charge in [0, 0.05) is 18.9 Å². The molecule has 0 saturated heterocycles. The molecule has 4 nitrogen and oxygen atoms in total. The summed E-state index contributed by atoms with van der Waals surface area (Å²) in [6.07, 6.45) is 3.56. The molecule has 0 bridgehead atoms. The second kappa shape index (κ2) is 4.57. The van der Waals surface area contributed by atoms with Crippen LogP contribution in [0.4, 0.5) is 0 Å². The quantitative estimate of drug-likeness (QED) is 0.519. The molecule has 0 aliphatic heterocycles. The Morgan fingerprint density at radius 2 is 2.46 bits per heavy atom. The fourth-order valence-electron chi connectivity index (χ4n) is 1.15. The van der Waals surface area contributed by atoms with E-state index in [0.29, 0.717) is 6.54 Å². The van der Waals surface area contributed by atoms with Crippen LogP contribution in [0.2, 0.25) is 0 Å². The zero-order valence-corrected chi connectivity index (χ0v) is 7.70. The highest BCUT2D eigenvalue weighted by molar-refractivity contribution is 5.78. The molecule has 0 radical (unpaired) electrons. The van der Waals surface area contributed by atoms with Crippen LogP contribution in [-0.2, 0) is 6.54 Å². The van der Waals surface area contributed by atoms with Gasteiger partial charge in [0.25, 0.3) is 0 Å². The van der Waals surface area contributed by atoms with Crippen molar-refractivity contribution in [1.82, 2.24) is 9.88 Å². The smallest absolute Gasteiger partial charge is 0.105 e. The third-order valence-electron chi connectivity index (χ3n) is 1.62. The van der Waals surface area contributed by atoms with Crippen molar-refractivity contribution in [3.8, 4) is 0 Å². The lowest BCUT2D eigenvalue weighted by atomic mass is 10.3. The average Bonchev–Trinajstić information content (AvgIpc) is 2.04. The zero-order chi connectivity index (χ0) is 9.68. The number of hydrogen-bond donors (Lipinski definition) is 2. The van der Waals surface area contributed by atoms with Gasteiger partial charge in [-0.05, 0) is 18.7 Å². The molecule has 4 heteroatoms. The maximum absolute atomic E-state index is 7.11. The van der Waals surface area contributed by atoms with Crippen LogP contribution in [0.5, 0.6) is 0 Å². The molecule has 0 aromatic carbocycles. The largest absolute Gasteiger partial charge is 0.387 e. The standard InChI is InChI=1S/C9H14N4/c1-13(7-9(10)11)6-8-3-2-4-12-5-8/h2-5H,6-7H2,1H3,(H3,10,11). The summed E-state index contributed by atoms with van der Waals surface area (Å²) in [6, 6.07) is 3.90. The molecular weight excluding hydrogens is 164 g/mol. The van der Waals surface area contributed by atoms with Crippen LogP contribution in [0.25, 0.3) is 0 Å². The maximum atomic E-state index is 7.11. The van der Waals surface area contributed by atoms with E-state index in [-0.39, 0.29) is 5.84 Å². The van der Waals surface area contributed by atoms with Crippen molar-refractivity contribution in [3.05, 3.63) is 30.1 Å². The average molecular weight is 178 g/mol. The van der Waals surface area contributed by atoms with E-state index < -0.39 is 0 Å². The summed E-state index contributed by atoms with van der Waals surface area (Å²) in [5.74, 6) is 0.186. The summed E-state index contributed by atoms with van der Waals surface area (Å²) in [7, 11) is 1.92. The Hall–Kier alpha value is -1.42. The predicted octanol–water partition coefficient (Wildman–Crippen LogP) is 0.449. The first-order chi connectivity index (χ1) is 6.18. The summed E-state index contributed by atoms with van der Waals surface area (Å²) < 4.78 is 0. The van der Waals surface area contributed by atoms with Crippen LogP contribution in [0.15, 0.2) is 24.5 Å². The molecule has 0 amide bonds. The molecule has 0 aliphatic carbocycles. The Labute approximate surface area is 77.9 Å². The van der Waals surface area contributed by atoms with Crippen molar-refractivity contribution in [3.63, 3.8) is 0 Å². The topological polar surface area (TPSA) is 66.0 Å². The molecule has 1 aromatic rings. The molecule has 0 aliphatic rings. The number of aromatic nitrogens is 1. The summed E-state index contributed by atoms with van der Waals surface area (Å²) in [5.41, 5.74) is 6.40. The second-order valence-corrected chi connectivity index (χ2v) is 3.06. The number of hydrogen-bond acceptors (Lipinski definition) is 3. The second-order valence-electron chi connectivity index (χ2n) is 3.06. The lowest BCUT2D eigenvalue weighted by Gasteiger charge is -2.14. The highest BCUT2D eigenvalue weighted by Gasteiger charge is 2.00. The van der Waals surface area contributed by atoms with Crippen molar-refractivity contribution in [1.29, 1.82) is 5.41 Å². The molecule has 3 N–H and O–H groups in total. The Morgan fingerprint density at radius 1 is 1.69 bits per heavy atom. The lowest BCUT2D eigenvalue weighted by Crippen LogP contribution is -2.29.